The Kier molecular flexibility index (Phi) is 6.74. The molecule has 162 valence electrons. The molecular weight excluding hydrogens is 390 g/mol. The molecule has 0 bridgehead atoms. The number of benzene rings is 2. The zero-order valence-electron chi connectivity index (χ0n) is 17.9. The molecule has 0 saturated carbocycles. The van der Waals surface area contributed by atoms with Crippen LogP contribution in [0.25, 0.3) is 5.69 Å². The molecule has 1 aliphatic heterocycles. The van der Waals surface area contributed by atoms with Crippen LogP contribution in [-0.2, 0) is 13.0 Å². The van der Waals surface area contributed by atoms with E-state index in [-0.39, 0.29) is 12.5 Å². The Labute approximate surface area is 182 Å². The minimum Gasteiger partial charge on any atom is -0.392 e. The molecule has 1 saturated heterocycles. The van der Waals surface area contributed by atoms with Crippen molar-refractivity contribution >= 4 is 5.91 Å². The van der Waals surface area contributed by atoms with Gasteiger partial charge in [0.1, 0.15) is 12.7 Å². The number of likely N-dealkylation sites (N-methyl/N-ethyl adjacent to an activating group) is 1. The van der Waals surface area contributed by atoms with Crippen LogP contribution in [0.5, 0.6) is 0 Å². The number of amides is 1. The van der Waals surface area contributed by atoms with E-state index in [4.69, 9.17) is 0 Å². The lowest BCUT2D eigenvalue weighted by Gasteiger charge is -2.37. The number of aliphatic hydroxyl groups excluding tert-OH is 1. The van der Waals surface area contributed by atoms with Crippen LogP contribution in [0.4, 0.5) is 0 Å². The summed E-state index contributed by atoms with van der Waals surface area (Å²) in [5.74, 6) is -0.0220. The van der Waals surface area contributed by atoms with Gasteiger partial charge in [-0.25, -0.2) is 9.67 Å². The van der Waals surface area contributed by atoms with Gasteiger partial charge >= 0.3 is 0 Å². The number of rotatable bonds is 7. The van der Waals surface area contributed by atoms with Gasteiger partial charge in [-0.15, -0.1) is 0 Å². The fourth-order valence-electron chi connectivity index (χ4n) is 4.20. The number of carbonyl (C=O) groups is 1. The Morgan fingerprint density at radius 2 is 1.90 bits per heavy atom. The summed E-state index contributed by atoms with van der Waals surface area (Å²) in [5.41, 5.74) is 3.30. The van der Waals surface area contributed by atoms with E-state index >= 15 is 0 Å². The van der Waals surface area contributed by atoms with Gasteiger partial charge < -0.3 is 14.9 Å². The molecule has 0 radical (unpaired) electrons. The molecule has 1 aromatic heterocycles. The van der Waals surface area contributed by atoms with Crippen LogP contribution in [0, 0.1) is 0 Å². The molecule has 0 spiro atoms. The third-order valence-electron chi connectivity index (χ3n) is 6.11. The second kappa shape index (κ2) is 9.85. The van der Waals surface area contributed by atoms with E-state index < -0.39 is 0 Å². The van der Waals surface area contributed by atoms with Gasteiger partial charge in [0.05, 0.1) is 17.9 Å². The number of nitrogens with zero attached hydrogens (tertiary/aromatic N) is 5. The minimum absolute atomic E-state index is 0.0220. The molecule has 7 nitrogen and oxygen atoms in total. The van der Waals surface area contributed by atoms with E-state index in [2.05, 4.69) is 46.3 Å². The second-order valence-electron chi connectivity index (χ2n) is 8.09. The van der Waals surface area contributed by atoms with Crippen molar-refractivity contribution < 1.29 is 9.90 Å². The lowest BCUT2D eigenvalue weighted by molar-refractivity contribution is 0.0646. The molecule has 0 unspecified atom stereocenters. The first-order chi connectivity index (χ1) is 15.2. The molecule has 0 aliphatic carbocycles. The third-order valence-corrected chi connectivity index (χ3v) is 6.11. The van der Waals surface area contributed by atoms with Crippen molar-refractivity contribution in [2.45, 2.75) is 31.9 Å². The van der Waals surface area contributed by atoms with Crippen LogP contribution in [0.15, 0.2) is 61.2 Å². The van der Waals surface area contributed by atoms with E-state index in [0.717, 1.165) is 38.9 Å². The van der Waals surface area contributed by atoms with Gasteiger partial charge in [-0.2, -0.15) is 5.10 Å². The molecular formula is C24H29N5O2. The van der Waals surface area contributed by atoms with E-state index in [9.17, 15) is 9.90 Å². The lowest BCUT2D eigenvalue weighted by Crippen LogP contribution is -2.46. The minimum atomic E-state index is -0.105. The smallest absolute Gasteiger partial charge is 0.256 e. The van der Waals surface area contributed by atoms with Gasteiger partial charge in [-0.3, -0.25) is 4.79 Å². The van der Waals surface area contributed by atoms with Gasteiger partial charge in [0.25, 0.3) is 5.91 Å². The van der Waals surface area contributed by atoms with Gasteiger partial charge in [-0.05, 0) is 49.6 Å². The summed E-state index contributed by atoms with van der Waals surface area (Å²) in [6.45, 7) is 2.35. The Morgan fingerprint density at radius 3 is 2.58 bits per heavy atom. The van der Waals surface area contributed by atoms with Crippen molar-refractivity contribution in [3.8, 4) is 5.69 Å². The average molecular weight is 420 g/mol. The first kappa shape index (κ1) is 21.2. The third kappa shape index (κ3) is 5.00. The molecule has 7 heteroatoms. The van der Waals surface area contributed by atoms with Gasteiger partial charge in [0.2, 0.25) is 0 Å². The Morgan fingerprint density at radius 1 is 1.13 bits per heavy atom. The highest BCUT2D eigenvalue weighted by atomic mass is 16.3. The SMILES string of the molecule is CN(CCc1ccccc1)C1CCN(C(=O)c2cc(CO)ccc2-n2cncn2)CC1. The van der Waals surface area contributed by atoms with Crippen molar-refractivity contribution in [2.75, 3.05) is 26.7 Å². The summed E-state index contributed by atoms with van der Waals surface area (Å²) in [5, 5.41) is 13.7. The maximum Gasteiger partial charge on any atom is 0.256 e. The number of aromatic nitrogens is 3. The summed E-state index contributed by atoms with van der Waals surface area (Å²) in [6, 6.07) is 16.4. The molecule has 1 aliphatic rings. The van der Waals surface area contributed by atoms with Crippen LogP contribution < -0.4 is 0 Å². The van der Waals surface area contributed by atoms with Crippen molar-refractivity contribution in [1.29, 1.82) is 0 Å². The van der Waals surface area contributed by atoms with Gasteiger partial charge in [-0.1, -0.05) is 36.4 Å². The topological polar surface area (TPSA) is 74.5 Å². The number of hydrogen-bond acceptors (Lipinski definition) is 5. The highest BCUT2D eigenvalue weighted by Gasteiger charge is 2.27. The van der Waals surface area contributed by atoms with Crippen LogP contribution in [0.2, 0.25) is 0 Å². The number of piperidine rings is 1. The number of likely N-dealkylation sites (tertiary alicyclic amines) is 1. The van der Waals surface area contributed by atoms with E-state index in [0.29, 0.717) is 22.9 Å². The zero-order chi connectivity index (χ0) is 21.6. The summed E-state index contributed by atoms with van der Waals surface area (Å²) < 4.78 is 1.60. The zero-order valence-corrected chi connectivity index (χ0v) is 17.9. The average Bonchev–Trinajstić information content (AvgIpc) is 3.37. The van der Waals surface area contributed by atoms with Crippen LogP contribution in [-0.4, -0.2) is 68.3 Å². The van der Waals surface area contributed by atoms with Crippen molar-refractivity contribution in [3.05, 3.63) is 77.9 Å². The monoisotopic (exact) mass is 419 g/mol. The molecule has 1 amide bonds. The first-order valence-corrected chi connectivity index (χ1v) is 10.8. The molecule has 0 atom stereocenters. The Bertz CT molecular complexity index is 982. The molecule has 31 heavy (non-hydrogen) atoms. The van der Waals surface area contributed by atoms with Crippen LogP contribution in [0.1, 0.15) is 34.3 Å². The fourth-order valence-corrected chi connectivity index (χ4v) is 4.20. The maximum absolute atomic E-state index is 13.3. The van der Waals surface area contributed by atoms with Crippen molar-refractivity contribution in [1.82, 2.24) is 24.6 Å². The highest BCUT2D eigenvalue weighted by molar-refractivity contribution is 5.98. The predicted molar refractivity (Wildman–Crippen MR) is 119 cm³/mol. The predicted octanol–water partition coefficient (Wildman–Crippen LogP) is 2.54. The van der Waals surface area contributed by atoms with Crippen molar-refractivity contribution in [3.63, 3.8) is 0 Å². The second-order valence-corrected chi connectivity index (χ2v) is 8.09. The maximum atomic E-state index is 13.3. The number of carbonyl (C=O) groups excluding carboxylic acids is 1. The van der Waals surface area contributed by atoms with E-state index in [1.54, 1.807) is 17.1 Å². The highest BCUT2D eigenvalue weighted by Crippen LogP contribution is 2.22. The number of hydrogen-bond donors (Lipinski definition) is 1. The van der Waals surface area contributed by atoms with Crippen molar-refractivity contribution in [2.24, 2.45) is 0 Å². The van der Waals surface area contributed by atoms with Crippen LogP contribution >= 0.6 is 0 Å². The molecule has 3 aromatic rings. The Balaban J connectivity index is 1.39. The Hall–Kier alpha value is -3.03. The molecule has 4 rings (SSSR count). The lowest BCUT2D eigenvalue weighted by atomic mass is 10.0. The molecule has 2 heterocycles. The number of aliphatic hydroxyl groups is 1. The first-order valence-electron chi connectivity index (χ1n) is 10.8. The standard InChI is InChI=1S/C24H29N5O2/c1-27(12-9-19-5-3-2-4-6-19)21-10-13-28(14-11-21)24(31)22-15-20(16-30)7-8-23(22)29-18-25-17-26-29/h2-8,15,17-18,21,30H,9-14,16H2,1H3. The summed E-state index contributed by atoms with van der Waals surface area (Å²) >= 11 is 0. The summed E-state index contributed by atoms with van der Waals surface area (Å²) in [4.78, 5) is 21.7. The molecule has 1 N–H and O–H groups in total. The summed E-state index contributed by atoms with van der Waals surface area (Å²) in [7, 11) is 2.18. The normalized spacial score (nSPS) is 14.9. The van der Waals surface area contributed by atoms with E-state index in [1.165, 1.54) is 11.9 Å². The van der Waals surface area contributed by atoms with Gasteiger partial charge in [0.15, 0.2) is 0 Å². The largest absolute Gasteiger partial charge is 0.392 e. The fraction of sp³-hybridized carbons (Fsp3) is 0.375. The summed E-state index contributed by atoms with van der Waals surface area (Å²) in [6.07, 6.45) is 5.97. The van der Waals surface area contributed by atoms with Crippen LogP contribution in [0.3, 0.4) is 0 Å². The molecule has 2 aromatic carbocycles. The van der Waals surface area contributed by atoms with Gasteiger partial charge in [0, 0.05) is 25.7 Å². The van der Waals surface area contributed by atoms with E-state index in [1.807, 2.05) is 23.1 Å². The quantitative estimate of drug-likeness (QED) is 0.637. The molecule has 1 fully saturated rings.